The monoisotopic (exact) mass is 475 g/mol. The molecule has 8 heteroatoms. The van der Waals surface area contributed by atoms with Crippen LogP contribution in [-0.4, -0.2) is 35.2 Å². The van der Waals surface area contributed by atoms with Crippen molar-refractivity contribution in [1.82, 2.24) is 15.4 Å². The van der Waals surface area contributed by atoms with Gasteiger partial charge in [-0.05, 0) is 65.6 Å². The van der Waals surface area contributed by atoms with Crippen LogP contribution in [-0.2, 0) is 24.2 Å². The Kier molecular flexibility index (Phi) is 7.42. The molecule has 0 bridgehead atoms. The van der Waals surface area contributed by atoms with Gasteiger partial charge >= 0.3 is 0 Å². The van der Waals surface area contributed by atoms with Crippen LogP contribution in [0.2, 0.25) is 0 Å². The molecule has 0 aliphatic heterocycles. The lowest BCUT2D eigenvalue weighted by Crippen LogP contribution is -2.27. The average molecular weight is 476 g/mol. The summed E-state index contributed by atoms with van der Waals surface area (Å²) >= 11 is 0. The molecule has 4 rings (SSSR count). The van der Waals surface area contributed by atoms with E-state index in [1.165, 1.54) is 12.1 Å². The Morgan fingerprint density at radius 3 is 2.40 bits per heavy atom. The van der Waals surface area contributed by atoms with E-state index in [9.17, 15) is 14.0 Å². The number of amides is 2. The largest absolute Gasteiger partial charge is 0.497 e. The standard InChI is InChI=1S/C27H26FN3O4/c1-35-23-10-11-25-24(15-23)21(12-13-29-26(32)14-18-4-8-22(28)9-5-18)17-31(25)16-19-2-6-20(7-3-19)27(33)30-34/h2-11,15,17,34H,12-14,16H2,1H3,(H,29,32)(H,30,33). The third-order valence-corrected chi connectivity index (χ3v) is 5.84. The zero-order chi connectivity index (χ0) is 24.8. The number of hydroxylamine groups is 1. The van der Waals surface area contributed by atoms with Crippen LogP contribution in [0, 0.1) is 5.82 Å². The molecule has 0 atom stereocenters. The first kappa shape index (κ1) is 24.0. The maximum Gasteiger partial charge on any atom is 0.274 e. The van der Waals surface area contributed by atoms with E-state index < -0.39 is 5.91 Å². The first-order valence-corrected chi connectivity index (χ1v) is 11.2. The van der Waals surface area contributed by atoms with Gasteiger partial charge in [0.1, 0.15) is 11.6 Å². The van der Waals surface area contributed by atoms with Crippen molar-refractivity contribution in [3.63, 3.8) is 0 Å². The third kappa shape index (κ3) is 5.85. The first-order valence-electron chi connectivity index (χ1n) is 11.2. The summed E-state index contributed by atoms with van der Waals surface area (Å²) in [4.78, 5) is 23.9. The molecule has 3 aromatic carbocycles. The average Bonchev–Trinajstić information content (AvgIpc) is 3.21. The number of halogens is 1. The molecule has 3 N–H and O–H groups in total. The van der Waals surface area contributed by atoms with Crippen molar-refractivity contribution in [3.8, 4) is 5.75 Å². The fourth-order valence-corrected chi connectivity index (χ4v) is 4.02. The van der Waals surface area contributed by atoms with Gasteiger partial charge < -0.3 is 14.6 Å². The highest BCUT2D eigenvalue weighted by molar-refractivity contribution is 5.93. The van der Waals surface area contributed by atoms with Crippen LogP contribution in [0.25, 0.3) is 10.9 Å². The second-order valence-electron chi connectivity index (χ2n) is 8.21. The van der Waals surface area contributed by atoms with E-state index >= 15 is 0 Å². The van der Waals surface area contributed by atoms with Crippen LogP contribution in [0.1, 0.15) is 27.0 Å². The lowest BCUT2D eigenvalue weighted by molar-refractivity contribution is -0.120. The molecule has 0 aliphatic carbocycles. The van der Waals surface area contributed by atoms with Gasteiger partial charge in [-0.15, -0.1) is 0 Å². The Labute approximate surface area is 202 Å². The molecule has 0 saturated heterocycles. The van der Waals surface area contributed by atoms with E-state index in [1.54, 1.807) is 36.9 Å². The number of methoxy groups -OCH3 is 1. The molecular formula is C27H26FN3O4. The number of carbonyl (C=O) groups is 2. The Morgan fingerprint density at radius 1 is 1.00 bits per heavy atom. The fourth-order valence-electron chi connectivity index (χ4n) is 4.02. The summed E-state index contributed by atoms with van der Waals surface area (Å²) in [5.41, 5.74) is 5.84. The lowest BCUT2D eigenvalue weighted by Gasteiger charge is -2.07. The molecule has 1 aromatic heterocycles. The molecule has 2 amide bonds. The highest BCUT2D eigenvalue weighted by Crippen LogP contribution is 2.27. The predicted molar refractivity (Wildman–Crippen MR) is 130 cm³/mol. The topological polar surface area (TPSA) is 92.6 Å². The second kappa shape index (κ2) is 10.8. The normalized spacial score (nSPS) is 10.8. The molecule has 0 spiro atoms. The van der Waals surface area contributed by atoms with Gasteiger partial charge in [-0.3, -0.25) is 14.8 Å². The molecule has 180 valence electrons. The van der Waals surface area contributed by atoms with Crippen molar-refractivity contribution in [3.05, 3.63) is 101 Å². The number of fused-ring (bicyclic) bond motifs is 1. The van der Waals surface area contributed by atoms with E-state index in [1.807, 2.05) is 30.3 Å². The van der Waals surface area contributed by atoms with Gasteiger partial charge in [-0.2, -0.15) is 0 Å². The fraction of sp³-hybridized carbons (Fsp3) is 0.185. The summed E-state index contributed by atoms with van der Waals surface area (Å²) in [5.74, 6) is -0.257. The Hall–Kier alpha value is -4.17. The molecule has 0 radical (unpaired) electrons. The summed E-state index contributed by atoms with van der Waals surface area (Å²) in [6.45, 7) is 1.04. The van der Waals surface area contributed by atoms with Crippen LogP contribution < -0.4 is 15.5 Å². The lowest BCUT2D eigenvalue weighted by atomic mass is 10.1. The van der Waals surface area contributed by atoms with Gasteiger partial charge in [-0.1, -0.05) is 24.3 Å². The predicted octanol–water partition coefficient (Wildman–Crippen LogP) is 3.86. The van der Waals surface area contributed by atoms with Crippen LogP contribution >= 0.6 is 0 Å². The molecule has 1 heterocycles. The minimum Gasteiger partial charge on any atom is -0.497 e. The van der Waals surface area contributed by atoms with Crippen molar-refractivity contribution in [2.45, 2.75) is 19.4 Å². The molecule has 7 nitrogen and oxygen atoms in total. The van der Waals surface area contributed by atoms with E-state index in [0.717, 1.165) is 33.3 Å². The minimum absolute atomic E-state index is 0.120. The number of nitrogens with one attached hydrogen (secondary N) is 2. The van der Waals surface area contributed by atoms with Crippen molar-refractivity contribution < 1.29 is 23.9 Å². The van der Waals surface area contributed by atoms with Gasteiger partial charge in [0.25, 0.3) is 5.91 Å². The molecule has 0 saturated carbocycles. The van der Waals surface area contributed by atoms with Crippen LogP contribution in [0.5, 0.6) is 5.75 Å². The molecular weight excluding hydrogens is 449 g/mol. The van der Waals surface area contributed by atoms with Crippen LogP contribution in [0.4, 0.5) is 4.39 Å². The number of benzene rings is 3. The minimum atomic E-state index is -0.557. The first-order chi connectivity index (χ1) is 17.0. The second-order valence-corrected chi connectivity index (χ2v) is 8.21. The summed E-state index contributed by atoms with van der Waals surface area (Å²) in [6.07, 6.45) is 2.88. The van der Waals surface area contributed by atoms with Gasteiger partial charge in [0.15, 0.2) is 0 Å². The van der Waals surface area contributed by atoms with Crippen molar-refractivity contribution in [1.29, 1.82) is 0 Å². The summed E-state index contributed by atoms with van der Waals surface area (Å²) in [5, 5.41) is 12.8. The zero-order valence-corrected chi connectivity index (χ0v) is 19.3. The van der Waals surface area contributed by atoms with Crippen molar-refractivity contribution >= 4 is 22.7 Å². The molecule has 0 fully saturated rings. The highest BCUT2D eigenvalue weighted by atomic mass is 19.1. The van der Waals surface area contributed by atoms with Crippen LogP contribution in [0.15, 0.2) is 72.9 Å². The molecule has 0 aliphatic rings. The summed E-state index contributed by atoms with van der Waals surface area (Å²) < 4.78 is 20.6. The van der Waals surface area contributed by atoms with Gasteiger partial charge in [0.05, 0.1) is 13.5 Å². The van der Waals surface area contributed by atoms with Crippen LogP contribution in [0.3, 0.4) is 0 Å². The maximum atomic E-state index is 13.1. The smallest absolute Gasteiger partial charge is 0.274 e. The van der Waals surface area contributed by atoms with Gasteiger partial charge in [-0.25, -0.2) is 9.87 Å². The number of hydrogen-bond acceptors (Lipinski definition) is 4. The number of hydrogen-bond donors (Lipinski definition) is 3. The van der Waals surface area contributed by atoms with E-state index in [2.05, 4.69) is 16.1 Å². The summed E-state index contributed by atoms with van der Waals surface area (Å²) in [7, 11) is 1.62. The highest BCUT2D eigenvalue weighted by Gasteiger charge is 2.12. The van der Waals surface area contributed by atoms with Crippen molar-refractivity contribution in [2.75, 3.05) is 13.7 Å². The third-order valence-electron chi connectivity index (χ3n) is 5.84. The Morgan fingerprint density at radius 2 is 1.71 bits per heavy atom. The quantitative estimate of drug-likeness (QED) is 0.253. The SMILES string of the molecule is COc1ccc2c(c1)c(CCNC(=O)Cc1ccc(F)cc1)cn2Cc1ccc(C(=O)NO)cc1. The summed E-state index contributed by atoms with van der Waals surface area (Å²) in [6, 6.07) is 18.8. The van der Waals surface area contributed by atoms with Gasteiger partial charge in [0, 0.05) is 35.8 Å². The number of carbonyl (C=O) groups excluding carboxylic acids is 2. The van der Waals surface area contributed by atoms with E-state index in [-0.39, 0.29) is 18.1 Å². The van der Waals surface area contributed by atoms with Crippen molar-refractivity contribution in [2.24, 2.45) is 0 Å². The number of rotatable bonds is 9. The number of aromatic nitrogens is 1. The molecule has 0 unspecified atom stereocenters. The number of nitrogens with zero attached hydrogens (tertiary/aromatic N) is 1. The maximum absolute atomic E-state index is 13.1. The number of ether oxygens (including phenoxy) is 1. The molecule has 4 aromatic rings. The zero-order valence-electron chi connectivity index (χ0n) is 19.3. The van der Waals surface area contributed by atoms with E-state index in [4.69, 9.17) is 9.94 Å². The Balaban J connectivity index is 1.47. The molecule has 35 heavy (non-hydrogen) atoms. The Bertz CT molecular complexity index is 1330. The van der Waals surface area contributed by atoms with E-state index in [0.29, 0.717) is 25.1 Å². The van der Waals surface area contributed by atoms with Gasteiger partial charge in [0.2, 0.25) is 5.91 Å².